The third kappa shape index (κ3) is 10.4. The Morgan fingerprint density at radius 1 is 1.00 bits per heavy atom. The number of hydrogen-bond donors (Lipinski definition) is 0. The quantitative estimate of drug-likeness (QED) is 0.450. The van der Waals surface area contributed by atoms with Gasteiger partial charge in [-0.3, -0.25) is 0 Å². The maximum atomic E-state index is 5.16. The molecule has 1 nitrogen and oxygen atoms in total. The van der Waals surface area contributed by atoms with Crippen LogP contribution in [-0.4, -0.2) is 12.1 Å². The summed E-state index contributed by atoms with van der Waals surface area (Å²) in [4.78, 5) is 0. The molecule has 0 atom stereocenters. The van der Waals surface area contributed by atoms with E-state index in [1.54, 1.807) is 0 Å². The molecule has 0 aliphatic carbocycles. The van der Waals surface area contributed by atoms with Gasteiger partial charge >= 0.3 is 0 Å². The van der Waals surface area contributed by atoms with Gasteiger partial charge in [0.15, 0.2) is 0 Å². The van der Waals surface area contributed by atoms with E-state index in [2.05, 4.69) is 22.9 Å². The SMILES string of the molecule is CCCCCCCCOCBr. The van der Waals surface area contributed by atoms with Crippen LogP contribution in [0.4, 0.5) is 0 Å². The van der Waals surface area contributed by atoms with Gasteiger partial charge in [0.1, 0.15) is 5.52 Å². The number of ether oxygens (including phenoxy) is 1. The van der Waals surface area contributed by atoms with Crippen LogP contribution in [-0.2, 0) is 4.74 Å². The summed E-state index contributed by atoms with van der Waals surface area (Å²) in [6, 6.07) is 0. The third-order valence-corrected chi connectivity index (χ3v) is 2.04. The van der Waals surface area contributed by atoms with Crippen molar-refractivity contribution in [2.75, 3.05) is 12.1 Å². The van der Waals surface area contributed by atoms with Crippen molar-refractivity contribution in [3.8, 4) is 0 Å². The smallest absolute Gasteiger partial charge is 0.101 e. The molecule has 0 aromatic carbocycles. The minimum absolute atomic E-state index is 0.682. The Bertz CT molecular complexity index is 58.6. The van der Waals surface area contributed by atoms with Crippen molar-refractivity contribution in [1.82, 2.24) is 0 Å². The molecule has 0 heterocycles. The molecule has 0 bridgehead atoms. The molecule has 0 aromatic rings. The molecule has 2 heteroatoms. The standard InChI is InChI=1S/C9H19BrO/c1-2-3-4-5-6-7-8-11-9-10/h2-9H2,1H3. The van der Waals surface area contributed by atoms with Crippen molar-refractivity contribution < 1.29 is 4.74 Å². The van der Waals surface area contributed by atoms with Crippen LogP contribution in [0.3, 0.4) is 0 Å². The summed E-state index contributed by atoms with van der Waals surface area (Å²) in [5, 5.41) is 0. The van der Waals surface area contributed by atoms with E-state index in [1.165, 1.54) is 38.5 Å². The Morgan fingerprint density at radius 3 is 2.27 bits per heavy atom. The van der Waals surface area contributed by atoms with Gasteiger partial charge in [-0.2, -0.15) is 0 Å². The molecule has 0 rings (SSSR count). The third-order valence-electron chi connectivity index (χ3n) is 1.72. The normalized spacial score (nSPS) is 10.4. The van der Waals surface area contributed by atoms with Gasteiger partial charge in [0, 0.05) is 6.61 Å². The molecule has 0 saturated carbocycles. The molecule has 0 saturated heterocycles. The monoisotopic (exact) mass is 222 g/mol. The Kier molecular flexibility index (Phi) is 10.9. The fourth-order valence-electron chi connectivity index (χ4n) is 1.04. The predicted octanol–water partition coefficient (Wildman–Crippen LogP) is 3.72. The molecule has 11 heavy (non-hydrogen) atoms. The van der Waals surface area contributed by atoms with Crippen LogP contribution in [0.5, 0.6) is 0 Å². The molecule has 0 spiro atoms. The molecule has 68 valence electrons. The highest BCUT2D eigenvalue weighted by Crippen LogP contribution is 2.04. The lowest BCUT2D eigenvalue weighted by Crippen LogP contribution is -1.91. The number of alkyl halides is 1. The lowest BCUT2D eigenvalue weighted by Gasteiger charge is -1.99. The molecular formula is C9H19BrO. The van der Waals surface area contributed by atoms with Gasteiger partial charge in [0.2, 0.25) is 0 Å². The van der Waals surface area contributed by atoms with E-state index in [-0.39, 0.29) is 0 Å². The van der Waals surface area contributed by atoms with Crippen LogP contribution < -0.4 is 0 Å². The van der Waals surface area contributed by atoms with Crippen LogP contribution in [0.1, 0.15) is 45.4 Å². The maximum Gasteiger partial charge on any atom is 0.101 e. The molecule has 0 aliphatic rings. The van der Waals surface area contributed by atoms with Crippen molar-refractivity contribution in [3.63, 3.8) is 0 Å². The molecular weight excluding hydrogens is 204 g/mol. The zero-order valence-electron chi connectivity index (χ0n) is 7.44. The summed E-state index contributed by atoms with van der Waals surface area (Å²) in [6.45, 7) is 3.16. The fourth-order valence-corrected chi connectivity index (χ4v) is 1.27. The van der Waals surface area contributed by atoms with Crippen LogP contribution >= 0.6 is 15.9 Å². The Labute approximate surface area is 78.6 Å². The highest BCUT2D eigenvalue weighted by atomic mass is 79.9. The van der Waals surface area contributed by atoms with Crippen molar-refractivity contribution in [2.45, 2.75) is 45.4 Å². The van der Waals surface area contributed by atoms with Gasteiger partial charge in [-0.15, -0.1) is 0 Å². The molecule has 0 aliphatic heterocycles. The van der Waals surface area contributed by atoms with E-state index < -0.39 is 0 Å². The average molecular weight is 223 g/mol. The first-order valence-electron chi connectivity index (χ1n) is 4.55. The summed E-state index contributed by atoms with van der Waals surface area (Å²) in [7, 11) is 0. The van der Waals surface area contributed by atoms with Gasteiger partial charge in [-0.1, -0.05) is 55.0 Å². The van der Waals surface area contributed by atoms with Crippen LogP contribution in [0, 0.1) is 0 Å². The Balaban J connectivity index is 2.69. The van der Waals surface area contributed by atoms with E-state index in [1.807, 2.05) is 0 Å². The van der Waals surface area contributed by atoms with Gasteiger partial charge in [-0.05, 0) is 6.42 Å². The largest absolute Gasteiger partial charge is 0.370 e. The second kappa shape index (κ2) is 10.4. The highest BCUT2D eigenvalue weighted by molar-refractivity contribution is 9.09. The second-order valence-electron chi connectivity index (χ2n) is 2.79. The second-order valence-corrected chi connectivity index (χ2v) is 3.24. The average Bonchev–Trinajstić information content (AvgIpc) is 2.03. The first-order chi connectivity index (χ1) is 5.41. The number of halogens is 1. The van der Waals surface area contributed by atoms with E-state index in [0.29, 0.717) is 5.52 Å². The summed E-state index contributed by atoms with van der Waals surface area (Å²) < 4.78 is 5.16. The van der Waals surface area contributed by atoms with Crippen molar-refractivity contribution in [2.24, 2.45) is 0 Å². The van der Waals surface area contributed by atoms with Gasteiger partial charge in [-0.25, -0.2) is 0 Å². The molecule has 0 radical (unpaired) electrons. The number of unbranched alkanes of at least 4 members (excludes halogenated alkanes) is 5. The Morgan fingerprint density at radius 2 is 1.64 bits per heavy atom. The van der Waals surface area contributed by atoms with Crippen LogP contribution in [0.25, 0.3) is 0 Å². The van der Waals surface area contributed by atoms with Crippen molar-refractivity contribution in [1.29, 1.82) is 0 Å². The minimum atomic E-state index is 0.682. The minimum Gasteiger partial charge on any atom is -0.370 e. The summed E-state index contributed by atoms with van der Waals surface area (Å²) in [5.41, 5.74) is 0.682. The molecule has 0 fully saturated rings. The molecule has 0 aromatic heterocycles. The fraction of sp³-hybridized carbons (Fsp3) is 1.00. The summed E-state index contributed by atoms with van der Waals surface area (Å²) in [5.74, 6) is 0. The summed E-state index contributed by atoms with van der Waals surface area (Å²) in [6.07, 6.45) is 8.03. The first kappa shape index (κ1) is 11.4. The molecule has 0 N–H and O–H groups in total. The molecule has 0 unspecified atom stereocenters. The van der Waals surface area contributed by atoms with Gasteiger partial charge < -0.3 is 4.74 Å². The van der Waals surface area contributed by atoms with Crippen molar-refractivity contribution in [3.05, 3.63) is 0 Å². The van der Waals surface area contributed by atoms with E-state index in [4.69, 9.17) is 4.74 Å². The lowest BCUT2D eigenvalue weighted by molar-refractivity contribution is 0.180. The van der Waals surface area contributed by atoms with Gasteiger partial charge in [0.25, 0.3) is 0 Å². The maximum absolute atomic E-state index is 5.16. The number of rotatable bonds is 8. The zero-order valence-corrected chi connectivity index (χ0v) is 9.03. The van der Waals surface area contributed by atoms with Gasteiger partial charge in [0.05, 0.1) is 0 Å². The zero-order chi connectivity index (χ0) is 8.36. The molecule has 0 amide bonds. The van der Waals surface area contributed by atoms with Crippen LogP contribution in [0.15, 0.2) is 0 Å². The lowest BCUT2D eigenvalue weighted by atomic mass is 10.1. The van der Waals surface area contributed by atoms with E-state index in [0.717, 1.165) is 6.61 Å². The Hall–Kier alpha value is 0.440. The van der Waals surface area contributed by atoms with Crippen molar-refractivity contribution >= 4 is 15.9 Å². The predicted molar refractivity (Wildman–Crippen MR) is 53.1 cm³/mol. The number of hydrogen-bond acceptors (Lipinski definition) is 1. The van der Waals surface area contributed by atoms with E-state index in [9.17, 15) is 0 Å². The van der Waals surface area contributed by atoms with Crippen LogP contribution in [0.2, 0.25) is 0 Å². The topological polar surface area (TPSA) is 9.23 Å². The van der Waals surface area contributed by atoms with E-state index >= 15 is 0 Å². The summed E-state index contributed by atoms with van der Waals surface area (Å²) >= 11 is 3.22. The highest BCUT2D eigenvalue weighted by Gasteiger charge is 1.89. The first-order valence-corrected chi connectivity index (χ1v) is 5.67.